The van der Waals surface area contributed by atoms with Crippen LogP contribution >= 0.6 is 0 Å². The van der Waals surface area contributed by atoms with E-state index >= 15 is 0 Å². The summed E-state index contributed by atoms with van der Waals surface area (Å²) in [5.41, 5.74) is 2.16. The molecule has 0 aliphatic heterocycles. The van der Waals surface area contributed by atoms with E-state index in [1.807, 2.05) is 20.0 Å². The smallest absolute Gasteiger partial charge is 0.486 e. The van der Waals surface area contributed by atoms with Crippen molar-refractivity contribution in [2.75, 3.05) is 0 Å². The molecule has 0 saturated carbocycles. The highest BCUT2D eigenvalue weighted by Gasteiger charge is 2.12. The van der Waals surface area contributed by atoms with Gasteiger partial charge in [0.05, 0.1) is 17.6 Å². The number of nitrogens with zero attached hydrogens (tertiary/aromatic N) is 3. The fourth-order valence-electron chi connectivity index (χ4n) is 1.61. The molecule has 7 heteroatoms. The van der Waals surface area contributed by atoms with Gasteiger partial charge in [-0.25, -0.2) is 0 Å². The Balaban J connectivity index is 2.06. The van der Waals surface area contributed by atoms with E-state index in [9.17, 15) is 0 Å². The molecule has 2 N–H and O–H groups in total. The van der Waals surface area contributed by atoms with Gasteiger partial charge in [0.2, 0.25) is 0 Å². The van der Waals surface area contributed by atoms with Gasteiger partial charge in [-0.3, -0.25) is 9.67 Å². The maximum Gasteiger partial charge on any atom is 0.490 e. The number of pyridine rings is 1. The van der Waals surface area contributed by atoms with Crippen molar-refractivity contribution in [3.63, 3.8) is 0 Å². The Morgan fingerprint density at radius 1 is 1.33 bits per heavy atom. The summed E-state index contributed by atoms with van der Waals surface area (Å²) >= 11 is 0. The molecule has 0 aliphatic rings. The van der Waals surface area contributed by atoms with Crippen LogP contribution in [-0.2, 0) is 13.7 Å². The zero-order chi connectivity index (χ0) is 13.1. The van der Waals surface area contributed by atoms with E-state index in [-0.39, 0.29) is 0 Å². The molecule has 0 amide bonds. The Kier molecular flexibility index (Phi) is 3.64. The van der Waals surface area contributed by atoms with Crippen molar-refractivity contribution >= 4 is 12.6 Å². The fourth-order valence-corrected chi connectivity index (χ4v) is 1.61. The van der Waals surface area contributed by atoms with Crippen LogP contribution in [0.2, 0.25) is 0 Å². The van der Waals surface area contributed by atoms with E-state index in [1.54, 1.807) is 10.7 Å². The molecule has 2 heterocycles. The number of ether oxygens (including phenoxy) is 1. The number of hydrogen-bond acceptors (Lipinski definition) is 5. The zero-order valence-electron chi connectivity index (χ0n) is 10.2. The molecule has 0 aromatic carbocycles. The first-order valence-corrected chi connectivity index (χ1v) is 5.49. The van der Waals surface area contributed by atoms with Crippen LogP contribution in [0.15, 0.2) is 24.5 Å². The van der Waals surface area contributed by atoms with Gasteiger partial charge in [0.25, 0.3) is 0 Å². The first-order chi connectivity index (χ1) is 8.56. The van der Waals surface area contributed by atoms with Crippen LogP contribution in [0.1, 0.15) is 11.4 Å². The fraction of sp³-hybridized carbons (Fsp3) is 0.273. The molecule has 0 unspecified atom stereocenters. The van der Waals surface area contributed by atoms with E-state index in [4.69, 9.17) is 14.8 Å². The number of aromatic nitrogens is 3. The Morgan fingerprint density at radius 2 is 2.11 bits per heavy atom. The minimum absolute atomic E-state index is 0.300. The van der Waals surface area contributed by atoms with Crippen LogP contribution in [0.4, 0.5) is 0 Å². The quantitative estimate of drug-likeness (QED) is 0.704. The lowest BCUT2D eigenvalue weighted by molar-refractivity contribution is 0.294. The van der Waals surface area contributed by atoms with Crippen LogP contribution in [0.3, 0.4) is 0 Å². The zero-order valence-corrected chi connectivity index (χ0v) is 10.2. The largest absolute Gasteiger partial charge is 0.490 e. The molecule has 2 rings (SSSR count). The molecule has 0 spiro atoms. The summed E-state index contributed by atoms with van der Waals surface area (Å²) in [5, 5.41) is 22.3. The molecule has 18 heavy (non-hydrogen) atoms. The topological polar surface area (TPSA) is 80.4 Å². The molecule has 0 aliphatic carbocycles. The summed E-state index contributed by atoms with van der Waals surface area (Å²) < 4.78 is 7.28. The molecule has 94 valence electrons. The predicted molar refractivity (Wildman–Crippen MR) is 66.3 cm³/mol. The molecule has 0 bridgehead atoms. The molecule has 0 fully saturated rings. The Labute approximate surface area is 105 Å². The highest BCUT2D eigenvalue weighted by atomic mass is 16.5. The molecular formula is C11H14BN3O3. The summed E-state index contributed by atoms with van der Waals surface area (Å²) in [4.78, 5) is 3.88. The lowest BCUT2D eigenvalue weighted by Crippen LogP contribution is -2.30. The van der Waals surface area contributed by atoms with Crippen molar-refractivity contribution in [1.29, 1.82) is 0 Å². The van der Waals surface area contributed by atoms with Gasteiger partial charge in [0, 0.05) is 18.7 Å². The average molecular weight is 247 g/mol. The van der Waals surface area contributed by atoms with Crippen LogP contribution in [0.25, 0.3) is 0 Å². The number of aryl methyl sites for hydroxylation is 2. The highest BCUT2D eigenvalue weighted by molar-refractivity contribution is 6.58. The number of hydrogen-bond donors (Lipinski definition) is 2. The summed E-state index contributed by atoms with van der Waals surface area (Å²) in [6, 6.07) is 3.47. The van der Waals surface area contributed by atoms with Crippen molar-refractivity contribution in [2.24, 2.45) is 7.05 Å². The predicted octanol–water partition coefficient (Wildman–Crippen LogP) is -0.618. The Morgan fingerprint density at radius 3 is 2.72 bits per heavy atom. The lowest BCUT2D eigenvalue weighted by atomic mass is 9.82. The van der Waals surface area contributed by atoms with Crippen LogP contribution < -0.4 is 10.2 Å². The number of rotatable bonds is 4. The van der Waals surface area contributed by atoms with E-state index in [0.717, 1.165) is 11.4 Å². The maximum atomic E-state index is 9.03. The summed E-state index contributed by atoms with van der Waals surface area (Å²) in [5.74, 6) is 0.486. The van der Waals surface area contributed by atoms with Crippen LogP contribution in [0.5, 0.6) is 5.75 Å². The van der Waals surface area contributed by atoms with Crippen molar-refractivity contribution in [2.45, 2.75) is 13.5 Å². The third kappa shape index (κ3) is 2.88. The van der Waals surface area contributed by atoms with Gasteiger partial charge in [-0.05, 0) is 19.1 Å². The molecule has 2 aromatic rings. The van der Waals surface area contributed by atoms with Crippen LogP contribution in [0, 0.1) is 6.92 Å². The van der Waals surface area contributed by atoms with E-state index in [0.29, 0.717) is 17.8 Å². The first-order valence-electron chi connectivity index (χ1n) is 5.49. The van der Waals surface area contributed by atoms with E-state index in [1.165, 1.54) is 12.4 Å². The maximum absolute atomic E-state index is 9.03. The summed E-state index contributed by atoms with van der Waals surface area (Å²) in [6.45, 7) is 2.26. The van der Waals surface area contributed by atoms with Gasteiger partial charge in [-0.15, -0.1) is 0 Å². The summed E-state index contributed by atoms with van der Waals surface area (Å²) in [6.07, 6.45) is 2.90. The minimum Gasteiger partial charge on any atom is -0.486 e. The van der Waals surface area contributed by atoms with E-state index in [2.05, 4.69) is 10.1 Å². The standard InChI is InChI=1S/C11H14BN3O3/c1-8-3-10(15(2)14-8)7-18-11-4-9(12(16)17)5-13-6-11/h3-6,16-17H,7H2,1-2H3. The highest BCUT2D eigenvalue weighted by Crippen LogP contribution is 2.10. The SMILES string of the molecule is Cc1cc(COc2cncc(B(O)O)c2)n(C)n1. The first kappa shape index (κ1) is 12.6. The monoisotopic (exact) mass is 247 g/mol. The second kappa shape index (κ2) is 5.20. The van der Waals surface area contributed by atoms with Crippen molar-refractivity contribution in [3.8, 4) is 5.75 Å². The van der Waals surface area contributed by atoms with Crippen LogP contribution in [-0.4, -0.2) is 31.9 Å². The van der Waals surface area contributed by atoms with Gasteiger partial charge in [-0.1, -0.05) is 0 Å². The van der Waals surface area contributed by atoms with Gasteiger partial charge in [0.1, 0.15) is 12.4 Å². The Hall–Kier alpha value is -1.86. The third-order valence-electron chi connectivity index (χ3n) is 2.52. The normalized spacial score (nSPS) is 10.4. The molecule has 0 saturated heterocycles. The minimum atomic E-state index is -1.54. The second-order valence-corrected chi connectivity index (χ2v) is 4.02. The van der Waals surface area contributed by atoms with Crippen molar-refractivity contribution in [3.05, 3.63) is 35.9 Å². The van der Waals surface area contributed by atoms with Gasteiger partial charge in [-0.2, -0.15) is 5.10 Å². The second-order valence-electron chi connectivity index (χ2n) is 4.02. The summed E-state index contributed by atoms with van der Waals surface area (Å²) in [7, 11) is 0.303. The molecule has 6 nitrogen and oxygen atoms in total. The van der Waals surface area contributed by atoms with Crippen molar-refractivity contribution < 1.29 is 14.8 Å². The molecule has 0 atom stereocenters. The van der Waals surface area contributed by atoms with Gasteiger partial charge < -0.3 is 14.8 Å². The Bertz CT molecular complexity index is 542. The molecular weight excluding hydrogens is 233 g/mol. The lowest BCUT2D eigenvalue weighted by Gasteiger charge is -2.07. The van der Waals surface area contributed by atoms with Gasteiger partial charge >= 0.3 is 7.12 Å². The molecule has 2 aromatic heterocycles. The third-order valence-corrected chi connectivity index (χ3v) is 2.52. The molecule has 0 radical (unpaired) electrons. The average Bonchev–Trinajstić information content (AvgIpc) is 2.65. The van der Waals surface area contributed by atoms with E-state index < -0.39 is 7.12 Å². The van der Waals surface area contributed by atoms with Gasteiger partial charge in [0.15, 0.2) is 0 Å². The van der Waals surface area contributed by atoms with Crippen molar-refractivity contribution in [1.82, 2.24) is 14.8 Å².